The van der Waals surface area contributed by atoms with E-state index in [-0.39, 0.29) is 4.90 Å². The third-order valence-electron chi connectivity index (χ3n) is 4.79. The molecule has 0 spiro atoms. The number of aromatic nitrogens is 1. The van der Waals surface area contributed by atoms with Gasteiger partial charge in [0.25, 0.3) is 0 Å². The Bertz CT molecular complexity index is 1090. The maximum Gasteiger partial charge on any atom is 0.247 e. The molecule has 0 atom stereocenters. The van der Waals surface area contributed by atoms with Gasteiger partial charge in [0.1, 0.15) is 10.6 Å². The second-order valence-corrected chi connectivity index (χ2v) is 8.46. The summed E-state index contributed by atoms with van der Waals surface area (Å²) >= 11 is 0. The van der Waals surface area contributed by atoms with Crippen molar-refractivity contribution in [2.45, 2.75) is 24.8 Å². The van der Waals surface area contributed by atoms with Gasteiger partial charge in [-0.05, 0) is 42.7 Å². The van der Waals surface area contributed by atoms with Crippen LogP contribution in [-0.2, 0) is 23.0 Å². The van der Waals surface area contributed by atoms with Crippen molar-refractivity contribution in [2.75, 3.05) is 13.7 Å². The van der Waals surface area contributed by atoms with Crippen molar-refractivity contribution in [2.24, 2.45) is 0 Å². The van der Waals surface area contributed by atoms with Gasteiger partial charge < -0.3 is 9.26 Å². The van der Waals surface area contributed by atoms with E-state index in [1.165, 1.54) is 17.0 Å². The molecule has 2 aromatic carbocycles. The monoisotopic (exact) mass is 384 g/mol. The van der Waals surface area contributed by atoms with Crippen LogP contribution in [0, 0.1) is 6.92 Å². The lowest BCUT2D eigenvalue weighted by molar-refractivity contribution is 0.377. The van der Waals surface area contributed by atoms with Crippen molar-refractivity contribution in [1.82, 2.24) is 9.46 Å². The van der Waals surface area contributed by atoms with E-state index in [1.807, 2.05) is 31.2 Å². The molecule has 4 rings (SSSR count). The van der Waals surface area contributed by atoms with Crippen LogP contribution >= 0.6 is 0 Å². The molecule has 0 aliphatic carbocycles. The maximum atomic E-state index is 13.4. The number of hydrogen-bond acceptors (Lipinski definition) is 5. The Morgan fingerprint density at radius 1 is 1.11 bits per heavy atom. The van der Waals surface area contributed by atoms with Gasteiger partial charge in [-0.25, -0.2) is 8.42 Å². The second kappa shape index (κ2) is 6.83. The lowest BCUT2D eigenvalue weighted by Gasteiger charge is -2.28. The van der Waals surface area contributed by atoms with E-state index in [0.29, 0.717) is 36.6 Å². The van der Waals surface area contributed by atoms with Crippen molar-refractivity contribution >= 4 is 10.0 Å². The summed E-state index contributed by atoms with van der Waals surface area (Å²) in [6, 6.07) is 14.7. The van der Waals surface area contributed by atoms with Crippen LogP contribution in [0.2, 0.25) is 0 Å². The molecule has 3 aromatic rings. The zero-order chi connectivity index (χ0) is 19.0. The Hall–Kier alpha value is -2.64. The number of methoxy groups -OCH3 is 1. The Balaban J connectivity index is 1.75. The number of nitrogens with zero attached hydrogens (tertiary/aromatic N) is 2. The van der Waals surface area contributed by atoms with Gasteiger partial charge in [-0.3, -0.25) is 0 Å². The molecular formula is C20H20N2O4S. The molecular weight excluding hydrogens is 364 g/mol. The number of benzene rings is 2. The number of rotatable bonds is 4. The molecule has 1 aliphatic rings. The predicted molar refractivity (Wildman–Crippen MR) is 101 cm³/mol. The molecule has 0 saturated carbocycles. The van der Waals surface area contributed by atoms with Gasteiger partial charge in [0.05, 0.1) is 12.8 Å². The van der Waals surface area contributed by atoms with Crippen LogP contribution in [0.3, 0.4) is 0 Å². The van der Waals surface area contributed by atoms with Gasteiger partial charge >= 0.3 is 0 Å². The van der Waals surface area contributed by atoms with Crippen molar-refractivity contribution in [1.29, 1.82) is 0 Å². The van der Waals surface area contributed by atoms with E-state index in [2.05, 4.69) is 5.16 Å². The van der Waals surface area contributed by atoms with E-state index in [9.17, 15) is 8.42 Å². The molecule has 140 valence electrons. The van der Waals surface area contributed by atoms with E-state index in [1.54, 1.807) is 24.3 Å². The van der Waals surface area contributed by atoms with Gasteiger partial charge in [-0.2, -0.15) is 4.31 Å². The molecule has 0 unspecified atom stereocenters. The van der Waals surface area contributed by atoms with Crippen LogP contribution in [-0.4, -0.2) is 31.5 Å². The highest BCUT2D eigenvalue weighted by atomic mass is 32.2. The molecule has 27 heavy (non-hydrogen) atoms. The van der Waals surface area contributed by atoms with Crippen molar-refractivity contribution in [3.8, 4) is 17.1 Å². The molecule has 1 aromatic heterocycles. The summed E-state index contributed by atoms with van der Waals surface area (Å²) in [4.78, 5) is 0.135. The third-order valence-corrected chi connectivity index (χ3v) is 6.66. The summed E-state index contributed by atoms with van der Waals surface area (Å²) in [5, 5.41) is 3.88. The van der Waals surface area contributed by atoms with Crippen molar-refractivity contribution < 1.29 is 17.7 Å². The minimum Gasteiger partial charge on any atom is -0.495 e. The van der Waals surface area contributed by atoms with Crippen LogP contribution in [0.15, 0.2) is 57.9 Å². The number of sulfonamides is 1. The molecule has 2 heterocycles. The van der Waals surface area contributed by atoms with Crippen LogP contribution in [0.5, 0.6) is 5.75 Å². The van der Waals surface area contributed by atoms with Gasteiger partial charge in [0, 0.05) is 24.7 Å². The molecule has 1 aliphatic heterocycles. The standard InChI is InChI=1S/C20H20N2O4S/c1-14-11-19(26-21-14)16-7-8-18(25-2)20(12-16)27(23,24)22-10-9-15-5-3-4-6-17(15)13-22/h3-8,11-12H,9-10,13H2,1-2H3. The number of ether oxygens (including phenoxy) is 1. The minimum absolute atomic E-state index is 0.135. The van der Waals surface area contributed by atoms with Gasteiger partial charge in [0.2, 0.25) is 10.0 Å². The fraction of sp³-hybridized carbons (Fsp3) is 0.250. The molecule has 6 nitrogen and oxygen atoms in total. The maximum absolute atomic E-state index is 13.4. The lowest BCUT2D eigenvalue weighted by Crippen LogP contribution is -2.36. The largest absolute Gasteiger partial charge is 0.495 e. The quantitative estimate of drug-likeness (QED) is 0.689. The smallest absolute Gasteiger partial charge is 0.247 e. The first-order chi connectivity index (χ1) is 13.0. The third kappa shape index (κ3) is 3.24. The Kier molecular flexibility index (Phi) is 4.49. The Morgan fingerprint density at radius 2 is 1.89 bits per heavy atom. The van der Waals surface area contributed by atoms with Gasteiger partial charge in [0.15, 0.2) is 5.76 Å². The summed E-state index contributed by atoms with van der Waals surface area (Å²) in [6.07, 6.45) is 0.693. The molecule has 0 saturated heterocycles. The number of fused-ring (bicyclic) bond motifs is 1. The Labute approximate surface area is 158 Å². The van der Waals surface area contributed by atoms with Crippen LogP contribution in [0.4, 0.5) is 0 Å². The summed E-state index contributed by atoms with van der Waals surface area (Å²) in [7, 11) is -2.25. The first-order valence-corrected chi connectivity index (χ1v) is 10.1. The van der Waals surface area contributed by atoms with Crippen LogP contribution in [0.1, 0.15) is 16.8 Å². The van der Waals surface area contributed by atoms with Gasteiger partial charge in [-0.1, -0.05) is 29.4 Å². The second-order valence-electron chi connectivity index (χ2n) is 6.56. The van der Waals surface area contributed by atoms with Crippen LogP contribution in [0.25, 0.3) is 11.3 Å². The van der Waals surface area contributed by atoms with E-state index < -0.39 is 10.0 Å². The number of hydrogen-bond donors (Lipinski definition) is 0. The Morgan fingerprint density at radius 3 is 2.59 bits per heavy atom. The first-order valence-electron chi connectivity index (χ1n) is 8.68. The molecule has 0 bridgehead atoms. The summed E-state index contributed by atoms with van der Waals surface area (Å²) in [6.45, 7) is 2.61. The highest BCUT2D eigenvalue weighted by molar-refractivity contribution is 7.89. The zero-order valence-corrected chi connectivity index (χ0v) is 16.0. The molecule has 0 radical (unpaired) electrons. The highest BCUT2D eigenvalue weighted by Gasteiger charge is 2.31. The SMILES string of the molecule is COc1ccc(-c2cc(C)no2)cc1S(=O)(=O)N1CCc2ccccc2C1. The van der Waals surface area contributed by atoms with E-state index >= 15 is 0 Å². The molecule has 0 fully saturated rings. The van der Waals surface area contributed by atoms with E-state index in [4.69, 9.17) is 9.26 Å². The normalized spacial score (nSPS) is 14.7. The van der Waals surface area contributed by atoms with E-state index in [0.717, 1.165) is 11.3 Å². The fourth-order valence-corrected chi connectivity index (χ4v) is 4.95. The summed E-state index contributed by atoms with van der Waals surface area (Å²) < 4.78 is 38.9. The average Bonchev–Trinajstić information content (AvgIpc) is 3.13. The molecule has 0 amide bonds. The van der Waals surface area contributed by atoms with Crippen molar-refractivity contribution in [3.63, 3.8) is 0 Å². The first kappa shape index (κ1) is 17.8. The predicted octanol–water partition coefficient (Wildman–Crippen LogP) is 3.41. The molecule has 7 heteroatoms. The zero-order valence-electron chi connectivity index (χ0n) is 15.2. The summed E-state index contributed by atoms with van der Waals surface area (Å²) in [5.41, 5.74) is 3.61. The lowest BCUT2D eigenvalue weighted by atomic mass is 10.0. The minimum atomic E-state index is -3.72. The molecule has 0 N–H and O–H groups in total. The number of aryl methyl sites for hydroxylation is 1. The fourth-order valence-electron chi connectivity index (χ4n) is 3.35. The topological polar surface area (TPSA) is 72.6 Å². The van der Waals surface area contributed by atoms with Crippen molar-refractivity contribution in [3.05, 3.63) is 65.4 Å². The average molecular weight is 384 g/mol. The highest BCUT2D eigenvalue weighted by Crippen LogP contribution is 2.34. The summed E-state index contributed by atoms with van der Waals surface area (Å²) in [5.74, 6) is 0.837. The van der Waals surface area contributed by atoms with Crippen LogP contribution < -0.4 is 4.74 Å². The van der Waals surface area contributed by atoms with Gasteiger partial charge in [-0.15, -0.1) is 0 Å².